The van der Waals surface area contributed by atoms with Crippen LogP contribution in [-0.4, -0.2) is 20.9 Å². The fraction of sp³-hybridized carbons (Fsp3) is 0.333. The van der Waals surface area contributed by atoms with Crippen molar-refractivity contribution in [3.8, 4) is 0 Å². The summed E-state index contributed by atoms with van der Waals surface area (Å²) in [5.41, 5.74) is 0. The van der Waals surface area contributed by atoms with Crippen molar-refractivity contribution >= 4 is 21.9 Å². The Morgan fingerprint density at radius 3 is 2.92 bits per heavy atom. The lowest BCUT2D eigenvalue weighted by atomic mass is 10.4. The van der Waals surface area contributed by atoms with Crippen molar-refractivity contribution < 1.29 is 14.3 Å². The molecule has 0 unspecified atom stereocenters. The van der Waals surface area contributed by atoms with Crippen molar-refractivity contribution in [2.75, 3.05) is 0 Å². The molecule has 1 heterocycles. The monoisotopic (exact) mass is 236 g/mol. The van der Waals surface area contributed by atoms with Gasteiger partial charge in [0.2, 0.25) is 5.95 Å². The molecule has 1 aromatic rings. The van der Waals surface area contributed by atoms with Gasteiger partial charge in [-0.05, 0) is 15.9 Å². The number of aliphatic carboxylic acids is 1. The molecule has 0 aliphatic carbocycles. The molecule has 12 heavy (non-hydrogen) atoms. The zero-order valence-electron chi connectivity index (χ0n) is 6.00. The molecule has 0 amide bonds. The molecular weight excluding hydrogens is 231 g/mol. The van der Waals surface area contributed by atoms with Gasteiger partial charge in [0, 0.05) is 6.20 Å². The summed E-state index contributed by atoms with van der Waals surface area (Å²) in [5.74, 6) is -1.55. The molecule has 0 aromatic carbocycles. The summed E-state index contributed by atoms with van der Waals surface area (Å²) < 4.78 is 14.0. The first-order valence-electron chi connectivity index (χ1n) is 3.20. The van der Waals surface area contributed by atoms with Crippen molar-refractivity contribution in [3.05, 3.63) is 16.6 Å². The Kier molecular flexibility index (Phi) is 2.80. The number of aromatic nitrogens is 2. The lowest BCUT2D eigenvalue weighted by Gasteiger charge is -1.94. The van der Waals surface area contributed by atoms with Crippen LogP contribution in [-0.2, 0) is 11.3 Å². The maximum atomic E-state index is 12.5. The molecule has 0 spiro atoms. The molecule has 6 heteroatoms. The molecule has 0 saturated heterocycles. The van der Waals surface area contributed by atoms with E-state index in [1.807, 2.05) is 0 Å². The number of carboxylic acids is 1. The molecular formula is C6H6BrFN2O2. The van der Waals surface area contributed by atoms with Crippen LogP contribution in [0.3, 0.4) is 0 Å². The highest BCUT2D eigenvalue weighted by Crippen LogP contribution is 2.12. The van der Waals surface area contributed by atoms with Crippen LogP contribution in [0.2, 0.25) is 0 Å². The summed E-state index contributed by atoms with van der Waals surface area (Å²) in [7, 11) is 0. The van der Waals surface area contributed by atoms with E-state index in [1.165, 1.54) is 10.9 Å². The fourth-order valence-corrected chi connectivity index (χ4v) is 1.01. The van der Waals surface area contributed by atoms with Gasteiger partial charge in [0.25, 0.3) is 0 Å². The zero-order valence-corrected chi connectivity index (χ0v) is 7.58. The SMILES string of the molecule is O=C(O)CCn1cc(Br)c(F)n1. The summed E-state index contributed by atoms with van der Waals surface area (Å²) in [6.07, 6.45) is 1.34. The van der Waals surface area contributed by atoms with Gasteiger partial charge in [-0.3, -0.25) is 9.48 Å². The van der Waals surface area contributed by atoms with Crippen molar-refractivity contribution in [2.45, 2.75) is 13.0 Å². The summed E-state index contributed by atoms with van der Waals surface area (Å²) in [5, 5.41) is 11.7. The molecule has 66 valence electrons. The Labute approximate surface area is 76.1 Å². The Morgan fingerprint density at radius 2 is 2.50 bits per heavy atom. The minimum absolute atomic E-state index is 0.0619. The minimum Gasteiger partial charge on any atom is -0.481 e. The van der Waals surface area contributed by atoms with Gasteiger partial charge in [0.15, 0.2) is 0 Å². The second-order valence-corrected chi connectivity index (χ2v) is 3.03. The maximum absolute atomic E-state index is 12.5. The van der Waals surface area contributed by atoms with Gasteiger partial charge in [-0.2, -0.15) is 4.39 Å². The zero-order chi connectivity index (χ0) is 9.14. The highest BCUT2D eigenvalue weighted by Gasteiger charge is 2.05. The third-order valence-electron chi connectivity index (χ3n) is 1.23. The molecule has 0 fully saturated rings. The fourth-order valence-electron chi connectivity index (χ4n) is 0.698. The predicted octanol–water partition coefficient (Wildman–Crippen LogP) is 1.26. The van der Waals surface area contributed by atoms with Gasteiger partial charge in [0.1, 0.15) is 0 Å². The van der Waals surface area contributed by atoms with Crippen LogP contribution < -0.4 is 0 Å². The van der Waals surface area contributed by atoms with Gasteiger partial charge < -0.3 is 5.11 Å². The van der Waals surface area contributed by atoms with Crippen LogP contribution >= 0.6 is 15.9 Å². The van der Waals surface area contributed by atoms with Gasteiger partial charge in [-0.1, -0.05) is 0 Å². The Morgan fingerprint density at radius 1 is 1.83 bits per heavy atom. The number of hydrogen-bond acceptors (Lipinski definition) is 2. The number of nitrogens with zero attached hydrogens (tertiary/aromatic N) is 2. The van der Waals surface area contributed by atoms with E-state index in [1.54, 1.807) is 0 Å². The van der Waals surface area contributed by atoms with E-state index in [9.17, 15) is 9.18 Å². The topological polar surface area (TPSA) is 55.1 Å². The highest BCUT2D eigenvalue weighted by atomic mass is 79.9. The van der Waals surface area contributed by atoms with E-state index in [4.69, 9.17) is 5.11 Å². The first kappa shape index (κ1) is 9.18. The van der Waals surface area contributed by atoms with Gasteiger partial charge in [0.05, 0.1) is 17.4 Å². The van der Waals surface area contributed by atoms with Gasteiger partial charge in [-0.25, -0.2) is 0 Å². The summed E-state index contributed by atoms with van der Waals surface area (Å²) >= 11 is 2.92. The van der Waals surface area contributed by atoms with Crippen molar-refractivity contribution in [3.63, 3.8) is 0 Å². The number of halogens is 2. The van der Waals surface area contributed by atoms with Crippen molar-refractivity contribution in [2.24, 2.45) is 0 Å². The smallest absolute Gasteiger partial charge is 0.305 e. The second-order valence-electron chi connectivity index (χ2n) is 2.17. The number of hydrogen-bond donors (Lipinski definition) is 1. The first-order chi connectivity index (χ1) is 5.59. The summed E-state index contributed by atoms with van der Waals surface area (Å²) in [6, 6.07) is 0. The summed E-state index contributed by atoms with van der Waals surface area (Å²) in [4.78, 5) is 10.1. The summed E-state index contributed by atoms with van der Waals surface area (Å²) in [6.45, 7) is 0.178. The van der Waals surface area contributed by atoms with Crippen molar-refractivity contribution in [1.29, 1.82) is 0 Å². The molecule has 4 nitrogen and oxygen atoms in total. The quantitative estimate of drug-likeness (QED) is 0.860. The van der Waals surface area contributed by atoms with Crippen LogP contribution in [0, 0.1) is 5.95 Å². The third-order valence-corrected chi connectivity index (χ3v) is 1.76. The van der Waals surface area contributed by atoms with E-state index in [2.05, 4.69) is 21.0 Å². The predicted molar refractivity (Wildman–Crippen MR) is 42.1 cm³/mol. The molecule has 1 aromatic heterocycles. The molecule has 0 bridgehead atoms. The van der Waals surface area contributed by atoms with E-state index in [0.29, 0.717) is 0 Å². The standard InChI is InChI=1S/C6H6BrFN2O2/c7-4-3-10(9-6(4)8)2-1-5(11)12/h3H,1-2H2,(H,11,12). The Balaban J connectivity index is 2.58. The molecule has 1 N–H and O–H groups in total. The number of aryl methyl sites for hydroxylation is 1. The molecule has 1 rings (SSSR count). The molecule has 0 saturated carbocycles. The van der Waals surface area contributed by atoms with Crippen LogP contribution in [0.5, 0.6) is 0 Å². The third kappa shape index (κ3) is 2.30. The average Bonchev–Trinajstić information content (AvgIpc) is 2.28. The Hall–Kier alpha value is -0.910. The van der Waals surface area contributed by atoms with E-state index in [0.717, 1.165) is 0 Å². The molecule has 0 radical (unpaired) electrons. The van der Waals surface area contributed by atoms with E-state index < -0.39 is 11.9 Å². The lowest BCUT2D eigenvalue weighted by Crippen LogP contribution is -2.04. The molecule has 0 atom stereocenters. The average molecular weight is 237 g/mol. The van der Waals surface area contributed by atoms with Crippen LogP contribution in [0.4, 0.5) is 4.39 Å². The normalized spacial score (nSPS) is 10.2. The van der Waals surface area contributed by atoms with E-state index >= 15 is 0 Å². The van der Waals surface area contributed by atoms with Crippen LogP contribution in [0.1, 0.15) is 6.42 Å². The second kappa shape index (κ2) is 3.66. The van der Waals surface area contributed by atoms with Crippen LogP contribution in [0.25, 0.3) is 0 Å². The Bertz CT molecular complexity index is 280. The van der Waals surface area contributed by atoms with Gasteiger partial charge in [-0.15, -0.1) is 5.10 Å². The lowest BCUT2D eigenvalue weighted by molar-refractivity contribution is -0.137. The van der Waals surface area contributed by atoms with Crippen LogP contribution in [0.15, 0.2) is 10.7 Å². The molecule has 0 aliphatic rings. The number of carboxylic acid groups (broad SMARTS) is 1. The minimum atomic E-state index is -0.929. The van der Waals surface area contributed by atoms with E-state index in [-0.39, 0.29) is 17.4 Å². The maximum Gasteiger partial charge on any atom is 0.305 e. The largest absolute Gasteiger partial charge is 0.481 e. The number of rotatable bonds is 3. The van der Waals surface area contributed by atoms with Crippen molar-refractivity contribution in [1.82, 2.24) is 9.78 Å². The number of carbonyl (C=O) groups is 1. The first-order valence-corrected chi connectivity index (χ1v) is 3.99. The molecule has 0 aliphatic heterocycles. The highest BCUT2D eigenvalue weighted by molar-refractivity contribution is 9.10. The van der Waals surface area contributed by atoms with Gasteiger partial charge >= 0.3 is 5.97 Å².